The summed E-state index contributed by atoms with van der Waals surface area (Å²) in [7, 11) is 0. The first-order valence-corrected chi connectivity index (χ1v) is 13.3. The Morgan fingerprint density at radius 1 is 0.897 bits per heavy atom. The summed E-state index contributed by atoms with van der Waals surface area (Å²) in [6.45, 7) is 4.80. The Balaban J connectivity index is 1.12. The summed E-state index contributed by atoms with van der Waals surface area (Å²) in [5, 5.41) is 3.29. The van der Waals surface area contributed by atoms with E-state index in [2.05, 4.69) is 20.1 Å². The summed E-state index contributed by atoms with van der Waals surface area (Å²) in [6.07, 6.45) is 1.35. The minimum atomic E-state index is -0.490. The summed E-state index contributed by atoms with van der Waals surface area (Å²) < 4.78 is 15.2. The molecule has 2 heterocycles. The van der Waals surface area contributed by atoms with Crippen molar-refractivity contribution >= 4 is 22.5 Å². The number of halogens is 1. The number of rotatable bonds is 9. The highest BCUT2D eigenvalue weighted by atomic mass is 19.1. The molecule has 0 unspecified atom stereocenters. The number of piperazine rings is 1. The Hall–Kier alpha value is -4.24. The minimum Gasteiger partial charge on any atom is -0.367 e. The van der Waals surface area contributed by atoms with Crippen LogP contribution in [-0.4, -0.2) is 59.6 Å². The maximum absolute atomic E-state index is 14.0. The van der Waals surface area contributed by atoms with E-state index >= 15 is 0 Å². The predicted molar refractivity (Wildman–Crippen MR) is 151 cm³/mol. The molecule has 0 bridgehead atoms. The molecule has 39 heavy (non-hydrogen) atoms. The van der Waals surface area contributed by atoms with Gasteiger partial charge in [0.15, 0.2) is 0 Å². The van der Waals surface area contributed by atoms with E-state index in [0.29, 0.717) is 35.1 Å². The van der Waals surface area contributed by atoms with Gasteiger partial charge in [-0.15, -0.1) is 0 Å². The quantitative estimate of drug-likeness (QED) is 0.326. The zero-order chi connectivity index (χ0) is 27.2. The third-order valence-electron chi connectivity index (χ3n) is 7.21. The van der Waals surface area contributed by atoms with E-state index < -0.39 is 5.69 Å². The van der Waals surface area contributed by atoms with Crippen molar-refractivity contribution in [2.45, 2.75) is 19.4 Å². The number of carbonyl (C=O) groups is 1. The first kappa shape index (κ1) is 26.4. The first-order valence-electron chi connectivity index (χ1n) is 13.3. The van der Waals surface area contributed by atoms with Gasteiger partial charge in [-0.3, -0.25) is 19.1 Å². The van der Waals surface area contributed by atoms with E-state index in [9.17, 15) is 18.8 Å². The molecule has 1 amide bonds. The van der Waals surface area contributed by atoms with Gasteiger partial charge < -0.3 is 15.2 Å². The van der Waals surface area contributed by atoms with E-state index in [4.69, 9.17) is 0 Å². The Labute approximate surface area is 225 Å². The van der Waals surface area contributed by atoms with Crippen LogP contribution >= 0.6 is 0 Å². The lowest BCUT2D eigenvalue weighted by Crippen LogP contribution is -2.47. The molecule has 202 valence electrons. The van der Waals surface area contributed by atoms with E-state index in [1.165, 1.54) is 10.6 Å². The summed E-state index contributed by atoms with van der Waals surface area (Å²) >= 11 is 0. The molecule has 0 aliphatic carbocycles. The summed E-state index contributed by atoms with van der Waals surface area (Å²) in [6, 6.07) is 21.3. The average Bonchev–Trinajstić information content (AvgIpc) is 2.96. The van der Waals surface area contributed by atoms with Crippen LogP contribution in [0.2, 0.25) is 0 Å². The van der Waals surface area contributed by atoms with Crippen molar-refractivity contribution < 1.29 is 9.18 Å². The second-order valence-corrected chi connectivity index (χ2v) is 9.77. The zero-order valence-corrected chi connectivity index (χ0v) is 21.7. The number of anilines is 1. The molecule has 3 aromatic carbocycles. The van der Waals surface area contributed by atoms with Crippen molar-refractivity contribution in [2.24, 2.45) is 0 Å². The van der Waals surface area contributed by atoms with Crippen molar-refractivity contribution in [3.05, 3.63) is 111 Å². The van der Waals surface area contributed by atoms with Gasteiger partial charge in [0.1, 0.15) is 5.82 Å². The van der Waals surface area contributed by atoms with Crippen LogP contribution in [0, 0.1) is 5.82 Å². The van der Waals surface area contributed by atoms with Crippen molar-refractivity contribution in [1.82, 2.24) is 19.8 Å². The number of benzene rings is 3. The maximum Gasteiger partial charge on any atom is 0.328 e. The van der Waals surface area contributed by atoms with Crippen LogP contribution in [0.5, 0.6) is 0 Å². The number of amides is 1. The van der Waals surface area contributed by atoms with Gasteiger partial charge in [0.2, 0.25) is 0 Å². The first-order chi connectivity index (χ1) is 19.0. The molecule has 1 aliphatic rings. The van der Waals surface area contributed by atoms with Crippen molar-refractivity contribution in [1.29, 1.82) is 0 Å². The number of aromatic amines is 1. The second-order valence-electron chi connectivity index (χ2n) is 9.77. The Bertz CT molecular complexity index is 1560. The van der Waals surface area contributed by atoms with Gasteiger partial charge in [-0.1, -0.05) is 42.5 Å². The Kier molecular flexibility index (Phi) is 8.17. The predicted octanol–water partition coefficient (Wildman–Crippen LogP) is 3.01. The number of carbonyl (C=O) groups excluding carboxylic acids is 1. The standard InChI is InChI=1S/C30H32FN5O3/c31-25-9-4-5-10-27(25)35-19-17-34(18-20-35)15-6-14-32-28(37)23-11-12-24-26(21-23)33-30(39)36(29(24)38)16-13-22-7-2-1-3-8-22/h1-5,7-12,21H,6,13-20H2,(H,32,37)(H,33,39). The Morgan fingerprint density at radius 3 is 2.41 bits per heavy atom. The fourth-order valence-corrected chi connectivity index (χ4v) is 5.01. The number of hydrogen-bond donors (Lipinski definition) is 2. The van der Waals surface area contributed by atoms with Gasteiger partial charge in [-0.2, -0.15) is 0 Å². The lowest BCUT2D eigenvalue weighted by molar-refractivity contribution is 0.0951. The number of aromatic nitrogens is 2. The SMILES string of the molecule is O=C(NCCCN1CCN(c2ccccc2F)CC1)c1ccc2c(=O)n(CCc3ccccc3)c(=O)[nH]c2c1. The normalized spacial score (nSPS) is 14.0. The van der Waals surface area contributed by atoms with Gasteiger partial charge in [0, 0.05) is 44.8 Å². The molecule has 1 fully saturated rings. The molecule has 1 aliphatic heterocycles. The highest BCUT2D eigenvalue weighted by Crippen LogP contribution is 2.20. The average molecular weight is 530 g/mol. The number of nitrogens with one attached hydrogen (secondary N) is 2. The topological polar surface area (TPSA) is 90.4 Å². The highest BCUT2D eigenvalue weighted by Gasteiger charge is 2.19. The van der Waals surface area contributed by atoms with Crippen LogP contribution in [0.3, 0.4) is 0 Å². The lowest BCUT2D eigenvalue weighted by Gasteiger charge is -2.36. The highest BCUT2D eigenvalue weighted by molar-refractivity contribution is 5.97. The molecule has 0 atom stereocenters. The number of H-pyrrole nitrogens is 1. The van der Waals surface area contributed by atoms with Crippen LogP contribution in [0.25, 0.3) is 10.9 Å². The third kappa shape index (κ3) is 6.26. The van der Waals surface area contributed by atoms with E-state index in [-0.39, 0.29) is 23.8 Å². The number of nitrogens with zero attached hydrogens (tertiary/aromatic N) is 3. The van der Waals surface area contributed by atoms with Crippen LogP contribution in [0.1, 0.15) is 22.3 Å². The van der Waals surface area contributed by atoms with Gasteiger partial charge in [-0.05, 0) is 55.3 Å². The van der Waals surface area contributed by atoms with Crippen LogP contribution in [0.4, 0.5) is 10.1 Å². The summed E-state index contributed by atoms with van der Waals surface area (Å²) in [5.41, 5.74) is 1.57. The van der Waals surface area contributed by atoms with Crippen molar-refractivity contribution in [2.75, 3.05) is 44.2 Å². The number of para-hydroxylation sites is 1. The largest absolute Gasteiger partial charge is 0.367 e. The van der Waals surface area contributed by atoms with Crippen molar-refractivity contribution in [3.8, 4) is 0 Å². The number of fused-ring (bicyclic) bond motifs is 1. The van der Waals surface area contributed by atoms with Crippen LogP contribution in [0.15, 0.2) is 82.4 Å². The molecular formula is C30H32FN5O3. The molecule has 5 rings (SSSR count). The fraction of sp³-hybridized carbons (Fsp3) is 0.300. The smallest absolute Gasteiger partial charge is 0.328 e. The third-order valence-corrected chi connectivity index (χ3v) is 7.21. The van der Waals surface area contributed by atoms with Gasteiger partial charge in [-0.25, -0.2) is 9.18 Å². The second kappa shape index (κ2) is 12.1. The van der Waals surface area contributed by atoms with Crippen molar-refractivity contribution in [3.63, 3.8) is 0 Å². The molecule has 1 aromatic heterocycles. The number of hydrogen-bond acceptors (Lipinski definition) is 5. The van der Waals surface area contributed by atoms with Gasteiger partial charge in [0.25, 0.3) is 11.5 Å². The van der Waals surface area contributed by atoms with E-state index in [0.717, 1.165) is 44.7 Å². The molecule has 0 saturated carbocycles. The summed E-state index contributed by atoms with van der Waals surface area (Å²) in [5.74, 6) is -0.449. The zero-order valence-electron chi connectivity index (χ0n) is 21.7. The van der Waals surface area contributed by atoms with Crippen LogP contribution < -0.4 is 21.5 Å². The minimum absolute atomic E-state index is 0.194. The molecule has 4 aromatic rings. The summed E-state index contributed by atoms with van der Waals surface area (Å²) in [4.78, 5) is 45.4. The molecular weight excluding hydrogens is 497 g/mol. The fourth-order valence-electron chi connectivity index (χ4n) is 5.01. The van der Waals surface area contributed by atoms with Gasteiger partial charge >= 0.3 is 5.69 Å². The molecule has 8 nitrogen and oxygen atoms in total. The monoisotopic (exact) mass is 529 g/mol. The molecule has 2 N–H and O–H groups in total. The van der Waals surface area contributed by atoms with E-state index in [1.54, 1.807) is 24.3 Å². The molecule has 9 heteroatoms. The molecule has 1 saturated heterocycles. The Morgan fingerprint density at radius 2 is 1.64 bits per heavy atom. The molecule has 0 spiro atoms. The lowest BCUT2D eigenvalue weighted by atomic mass is 10.1. The number of aryl methyl sites for hydroxylation is 1. The van der Waals surface area contributed by atoms with Crippen LogP contribution in [-0.2, 0) is 13.0 Å². The molecule has 0 radical (unpaired) electrons. The van der Waals surface area contributed by atoms with E-state index in [1.807, 2.05) is 42.5 Å². The maximum atomic E-state index is 14.0. The van der Waals surface area contributed by atoms with Gasteiger partial charge in [0.05, 0.1) is 16.6 Å².